The van der Waals surface area contributed by atoms with Gasteiger partial charge in [0.15, 0.2) is 5.58 Å². The average Bonchev–Trinajstić information content (AvgIpc) is 3.44. The SMILES string of the molecule is O=S(=O)(NCCCCN1CCC(c2noc3cc(F)ccc23)CC1)c1cc2ccccc2o1. The Kier molecular flexibility index (Phi) is 6.18. The molecule has 0 aliphatic carbocycles. The zero-order valence-electron chi connectivity index (χ0n) is 18.2. The Morgan fingerprint density at radius 3 is 2.70 bits per heavy atom. The second kappa shape index (κ2) is 9.24. The first-order valence-corrected chi connectivity index (χ1v) is 12.7. The van der Waals surface area contributed by atoms with Gasteiger partial charge in [0, 0.05) is 35.4 Å². The summed E-state index contributed by atoms with van der Waals surface area (Å²) < 4.78 is 51.7. The summed E-state index contributed by atoms with van der Waals surface area (Å²) in [5.74, 6) is -0.0107. The van der Waals surface area contributed by atoms with E-state index in [2.05, 4.69) is 14.8 Å². The molecule has 5 rings (SSSR count). The summed E-state index contributed by atoms with van der Waals surface area (Å²) in [6.45, 7) is 3.19. The lowest BCUT2D eigenvalue weighted by atomic mass is 9.91. The molecule has 1 N–H and O–H groups in total. The average molecular weight is 472 g/mol. The van der Waals surface area contributed by atoms with Gasteiger partial charge in [-0.1, -0.05) is 23.4 Å². The fourth-order valence-electron chi connectivity index (χ4n) is 4.48. The van der Waals surface area contributed by atoms with Crippen molar-refractivity contribution in [3.05, 3.63) is 60.0 Å². The lowest BCUT2D eigenvalue weighted by Crippen LogP contribution is -2.34. The number of unbranched alkanes of at least 4 members (excludes halogenated alkanes) is 1. The summed E-state index contributed by atoms with van der Waals surface area (Å²) in [6.07, 6.45) is 3.59. The minimum Gasteiger partial charge on any atom is -0.443 e. The summed E-state index contributed by atoms with van der Waals surface area (Å²) in [7, 11) is -3.65. The number of likely N-dealkylation sites (tertiary alicyclic amines) is 1. The fraction of sp³-hybridized carbons (Fsp3) is 0.375. The summed E-state index contributed by atoms with van der Waals surface area (Å²) in [4.78, 5) is 2.40. The van der Waals surface area contributed by atoms with Gasteiger partial charge in [-0.15, -0.1) is 0 Å². The van der Waals surface area contributed by atoms with Gasteiger partial charge in [-0.25, -0.2) is 17.5 Å². The van der Waals surface area contributed by atoms with E-state index in [0.717, 1.165) is 61.8 Å². The second-order valence-electron chi connectivity index (χ2n) is 8.53. The van der Waals surface area contributed by atoms with Gasteiger partial charge < -0.3 is 13.8 Å². The van der Waals surface area contributed by atoms with Crippen molar-refractivity contribution in [2.24, 2.45) is 0 Å². The number of nitrogens with one attached hydrogen (secondary N) is 1. The molecule has 0 amide bonds. The molecule has 33 heavy (non-hydrogen) atoms. The van der Waals surface area contributed by atoms with Crippen molar-refractivity contribution in [2.45, 2.75) is 36.7 Å². The van der Waals surface area contributed by atoms with Crippen LogP contribution in [0, 0.1) is 5.82 Å². The Bertz CT molecular complexity index is 1320. The number of hydrogen-bond acceptors (Lipinski definition) is 6. The summed E-state index contributed by atoms with van der Waals surface area (Å²) in [5, 5.41) is 5.82. The van der Waals surface area contributed by atoms with Crippen LogP contribution in [0.15, 0.2) is 62.6 Å². The zero-order valence-corrected chi connectivity index (χ0v) is 19.0. The summed E-state index contributed by atoms with van der Waals surface area (Å²) in [5.41, 5.74) is 1.98. The van der Waals surface area contributed by atoms with Crippen molar-refractivity contribution < 1.29 is 21.7 Å². The molecule has 1 aliphatic rings. The van der Waals surface area contributed by atoms with Crippen LogP contribution in [0.4, 0.5) is 4.39 Å². The first-order valence-electron chi connectivity index (χ1n) is 11.2. The van der Waals surface area contributed by atoms with E-state index in [9.17, 15) is 12.8 Å². The molecule has 4 aromatic rings. The Hall–Kier alpha value is -2.75. The third-order valence-electron chi connectivity index (χ3n) is 6.30. The normalized spacial score (nSPS) is 16.2. The molecule has 2 aromatic carbocycles. The fourth-order valence-corrected chi connectivity index (χ4v) is 5.52. The molecule has 0 saturated carbocycles. The molecule has 2 aromatic heterocycles. The molecule has 0 radical (unpaired) electrons. The maximum absolute atomic E-state index is 13.4. The Balaban J connectivity index is 1.06. The van der Waals surface area contributed by atoms with E-state index in [0.29, 0.717) is 23.6 Å². The van der Waals surface area contributed by atoms with E-state index in [4.69, 9.17) is 8.94 Å². The number of halogens is 1. The van der Waals surface area contributed by atoms with Crippen LogP contribution in [0.3, 0.4) is 0 Å². The van der Waals surface area contributed by atoms with Gasteiger partial charge in [-0.2, -0.15) is 0 Å². The monoisotopic (exact) mass is 471 g/mol. The topological polar surface area (TPSA) is 88.6 Å². The number of fused-ring (bicyclic) bond motifs is 2. The first-order chi connectivity index (χ1) is 16.0. The molecule has 9 heteroatoms. The second-order valence-corrected chi connectivity index (χ2v) is 10.2. The third kappa shape index (κ3) is 4.80. The van der Waals surface area contributed by atoms with Crippen LogP contribution in [0.25, 0.3) is 21.9 Å². The minimum atomic E-state index is -3.65. The van der Waals surface area contributed by atoms with Gasteiger partial charge in [-0.3, -0.25) is 0 Å². The van der Waals surface area contributed by atoms with Gasteiger partial charge in [0.2, 0.25) is 5.09 Å². The van der Waals surface area contributed by atoms with Gasteiger partial charge in [0.1, 0.15) is 11.4 Å². The largest absolute Gasteiger partial charge is 0.443 e. The van der Waals surface area contributed by atoms with E-state index < -0.39 is 10.0 Å². The predicted octanol–water partition coefficient (Wildman–Crippen LogP) is 4.65. The van der Waals surface area contributed by atoms with E-state index >= 15 is 0 Å². The lowest BCUT2D eigenvalue weighted by molar-refractivity contribution is 0.206. The summed E-state index contributed by atoms with van der Waals surface area (Å²) in [6, 6.07) is 13.4. The van der Waals surface area contributed by atoms with Gasteiger partial charge in [-0.05, 0) is 63.5 Å². The number of furan rings is 1. The molecule has 0 spiro atoms. The number of aromatic nitrogens is 1. The molecule has 0 bridgehead atoms. The number of para-hydroxylation sites is 1. The Morgan fingerprint density at radius 1 is 1.06 bits per heavy atom. The summed E-state index contributed by atoms with van der Waals surface area (Å²) >= 11 is 0. The number of piperidine rings is 1. The van der Waals surface area contributed by atoms with Crippen molar-refractivity contribution in [3.8, 4) is 0 Å². The third-order valence-corrected chi connectivity index (χ3v) is 7.61. The highest BCUT2D eigenvalue weighted by atomic mass is 32.2. The van der Waals surface area contributed by atoms with Crippen LogP contribution < -0.4 is 4.72 Å². The number of sulfonamides is 1. The Morgan fingerprint density at radius 2 is 1.88 bits per heavy atom. The molecule has 0 unspecified atom stereocenters. The lowest BCUT2D eigenvalue weighted by Gasteiger charge is -2.31. The van der Waals surface area contributed by atoms with Crippen molar-refractivity contribution in [1.82, 2.24) is 14.8 Å². The van der Waals surface area contributed by atoms with Crippen molar-refractivity contribution >= 4 is 32.0 Å². The smallest absolute Gasteiger partial charge is 0.273 e. The number of nitrogens with zero attached hydrogens (tertiary/aromatic N) is 2. The van der Waals surface area contributed by atoms with Crippen LogP contribution in [0.2, 0.25) is 0 Å². The maximum atomic E-state index is 13.4. The van der Waals surface area contributed by atoms with Gasteiger partial charge in [0.25, 0.3) is 10.0 Å². The molecule has 1 saturated heterocycles. The highest BCUT2D eigenvalue weighted by Crippen LogP contribution is 2.32. The van der Waals surface area contributed by atoms with E-state index in [-0.39, 0.29) is 10.9 Å². The van der Waals surface area contributed by atoms with E-state index in [1.807, 2.05) is 18.2 Å². The van der Waals surface area contributed by atoms with Crippen LogP contribution in [0.5, 0.6) is 0 Å². The first kappa shape index (κ1) is 22.1. The molecular formula is C24H26FN3O4S. The number of rotatable bonds is 8. The molecule has 1 aliphatic heterocycles. The molecule has 3 heterocycles. The number of hydrogen-bond donors (Lipinski definition) is 1. The van der Waals surface area contributed by atoms with E-state index in [1.165, 1.54) is 12.1 Å². The van der Waals surface area contributed by atoms with Crippen molar-refractivity contribution in [1.29, 1.82) is 0 Å². The predicted molar refractivity (Wildman–Crippen MR) is 123 cm³/mol. The standard InChI is InChI=1S/C24H26FN3O4S/c25-19-7-8-20-22(16-19)32-27-24(20)17-9-13-28(14-10-17)12-4-3-11-26-33(29,30)23-15-18-5-1-2-6-21(18)31-23/h1-2,5-8,15-17,26H,3-4,9-14H2. The van der Waals surface area contributed by atoms with Gasteiger partial charge >= 0.3 is 0 Å². The quantitative estimate of drug-likeness (QED) is 0.376. The van der Waals surface area contributed by atoms with Gasteiger partial charge in [0.05, 0.1) is 5.69 Å². The highest BCUT2D eigenvalue weighted by Gasteiger charge is 2.25. The van der Waals surface area contributed by atoms with Crippen LogP contribution in [-0.4, -0.2) is 44.7 Å². The molecule has 1 fully saturated rings. The highest BCUT2D eigenvalue weighted by molar-refractivity contribution is 7.89. The minimum absolute atomic E-state index is 0.0473. The van der Waals surface area contributed by atoms with E-state index in [1.54, 1.807) is 18.2 Å². The molecule has 7 nitrogen and oxygen atoms in total. The zero-order chi connectivity index (χ0) is 22.8. The molecular weight excluding hydrogens is 445 g/mol. The number of benzene rings is 2. The maximum Gasteiger partial charge on any atom is 0.273 e. The molecule has 174 valence electrons. The van der Waals surface area contributed by atoms with Crippen LogP contribution in [0.1, 0.15) is 37.3 Å². The Labute approximate surface area is 191 Å². The van der Waals surface area contributed by atoms with Crippen LogP contribution >= 0.6 is 0 Å². The molecule has 0 atom stereocenters. The van der Waals surface area contributed by atoms with Crippen molar-refractivity contribution in [3.63, 3.8) is 0 Å². The van der Waals surface area contributed by atoms with Crippen molar-refractivity contribution in [2.75, 3.05) is 26.2 Å². The van der Waals surface area contributed by atoms with Crippen LogP contribution in [-0.2, 0) is 10.0 Å².